The first kappa shape index (κ1) is 25.3. The van der Waals surface area contributed by atoms with E-state index >= 15 is 0 Å². The molecule has 0 radical (unpaired) electrons. The molecule has 0 rings (SSSR count). The molecule has 0 saturated carbocycles. The average molecular weight is 314 g/mol. The third-order valence-corrected chi connectivity index (χ3v) is 2.67. The van der Waals surface area contributed by atoms with Gasteiger partial charge in [-0.2, -0.15) is 0 Å². The molecule has 0 aliphatic rings. The molecule has 0 N–H and O–H groups in total. The van der Waals surface area contributed by atoms with Crippen molar-refractivity contribution in [3.63, 3.8) is 0 Å². The number of hydrogen-bond donors (Lipinski definition) is 0. The fourth-order valence-electron chi connectivity index (χ4n) is 1.36. The van der Waals surface area contributed by atoms with E-state index in [-0.39, 0.29) is 109 Å². The molecule has 0 unspecified atom stereocenters. The number of hydrogen-bond acceptors (Lipinski definition) is 4. The van der Waals surface area contributed by atoms with Gasteiger partial charge in [0.05, 0.1) is 14.4 Å². The number of phosphoric acid groups is 1. The first-order valence-electron chi connectivity index (χ1n) is 5.58. The van der Waals surface area contributed by atoms with Crippen molar-refractivity contribution < 1.29 is 122 Å². The van der Waals surface area contributed by atoms with E-state index in [1.807, 2.05) is 0 Å². The molecule has 0 aromatic carbocycles. The van der Waals surface area contributed by atoms with Gasteiger partial charge in [0.1, 0.15) is 0 Å². The zero-order valence-corrected chi connectivity index (χ0v) is 18.7. The summed E-state index contributed by atoms with van der Waals surface area (Å²) in [4.78, 5) is 20.2. The smallest absolute Gasteiger partial charge is 0.790 e. The molecule has 17 heavy (non-hydrogen) atoms. The molecular formula is C10H21K2O4P. The Labute approximate surface area is 190 Å². The van der Waals surface area contributed by atoms with Crippen LogP contribution in [0.3, 0.4) is 0 Å². The summed E-state index contributed by atoms with van der Waals surface area (Å²) in [6.07, 6.45) is 6.30. The van der Waals surface area contributed by atoms with Crippen LogP contribution in [0.5, 0.6) is 0 Å². The number of rotatable bonds is 9. The third kappa shape index (κ3) is 24.8. The van der Waals surface area contributed by atoms with Crippen molar-refractivity contribution in [3.05, 3.63) is 0 Å². The van der Waals surface area contributed by atoms with E-state index in [0.29, 0.717) is 6.42 Å². The standard InChI is InChI=1S/C10H23O4P.2K/c1-10(2)8-6-4-3-5-7-9-14-15(11,12)13;;/h10H,3-9H2,1-2H3,(H2,11,12,13);;/q;2*+1/p-2. The molecule has 0 aromatic heterocycles. The van der Waals surface area contributed by atoms with Crippen molar-refractivity contribution in [1.82, 2.24) is 0 Å². The maximum atomic E-state index is 10.1. The molecule has 0 bridgehead atoms. The van der Waals surface area contributed by atoms with Gasteiger partial charge >= 0.3 is 103 Å². The Bertz CT molecular complexity index is 197. The minimum atomic E-state index is -4.74. The summed E-state index contributed by atoms with van der Waals surface area (Å²) in [5.74, 6) is 0.750. The van der Waals surface area contributed by atoms with Crippen LogP contribution in [0.2, 0.25) is 0 Å². The van der Waals surface area contributed by atoms with E-state index in [0.717, 1.165) is 18.8 Å². The van der Waals surface area contributed by atoms with Crippen LogP contribution in [0.1, 0.15) is 52.4 Å². The quantitative estimate of drug-likeness (QED) is 0.246. The summed E-state index contributed by atoms with van der Waals surface area (Å²) in [7, 11) is -4.74. The summed E-state index contributed by atoms with van der Waals surface area (Å²) in [6, 6.07) is 0. The summed E-state index contributed by atoms with van der Waals surface area (Å²) < 4.78 is 14.2. The van der Waals surface area contributed by atoms with Crippen molar-refractivity contribution in [1.29, 1.82) is 0 Å². The predicted molar refractivity (Wildman–Crippen MR) is 56.1 cm³/mol. The van der Waals surface area contributed by atoms with Crippen molar-refractivity contribution in [3.8, 4) is 0 Å². The SMILES string of the molecule is CC(C)CCCCCCCOP(=O)([O-])[O-].[K+].[K+]. The van der Waals surface area contributed by atoms with Gasteiger partial charge in [-0.1, -0.05) is 46.0 Å². The average Bonchev–Trinajstić information content (AvgIpc) is 2.07. The van der Waals surface area contributed by atoms with Gasteiger partial charge in [0, 0.05) is 0 Å². The zero-order chi connectivity index (χ0) is 11.7. The molecule has 0 fully saturated rings. The largest absolute Gasteiger partial charge is 1.00 e. The van der Waals surface area contributed by atoms with Crippen molar-refractivity contribution in [2.75, 3.05) is 6.61 Å². The topological polar surface area (TPSA) is 72.4 Å². The van der Waals surface area contributed by atoms with Gasteiger partial charge in [0.15, 0.2) is 0 Å². The molecule has 0 spiro atoms. The maximum absolute atomic E-state index is 10.1. The molecule has 92 valence electrons. The van der Waals surface area contributed by atoms with Gasteiger partial charge in [-0.3, -0.25) is 0 Å². The minimum absolute atomic E-state index is 0. The van der Waals surface area contributed by atoms with E-state index in [1.54, 1.807) is 0 Å². The second-order valence-corrected chi connectivity index (χ2v) is 5.38. The fraction of sp³-hybridized carbons (Fsp3) is 1.00. The van der Waals surface area contributed by atoms with Crippen LogP contribution in [-0.4, -0.2) is 6.61 Å². The van der Waals surface area contributed by atoms with E-state index in [1.165, 1.54) is 19.3 Å². The molecule has 7 heteroatoms. The van der Waals surface area contributed by atoms with E-state index in [4.69, 9.17) is 0 Å². The van der Waals surface area contributed by atoms with E-state index < -0.39 is 7.82 Å². The first-order valence-corrected chi connectivity index (χ1v) is 7.04. The predicted octanol–water partition coefficient (Wildman–Crippen LogP) is -4.16. The van der Waals surface area contributed by atoms with Crippen LogP contribution in [0.15, 0.2) is 0 Å². The Morgan fingerprint density at radius 1 is 1.00 bits per heavy atom. The van der Waals surface area contributed by atoms with Crippen LogP contribution in [0.25, 0.3) is 0 Å². The summed E-state index contributed by atoms with van der Waals surface area (Å²) >= 11 is 0. The summed E-state index contributed by atoms with van der Waals surface area (Å²) in [5.41, 5.74) is 0. The zero-order valence-electron chi connectivity index (χ0n) is 11.6. The Kier molecular flexibility index (Phi) is 23.5. The first-order chi connectivity index (χ1) is 6.92. The van der Waals surface area contributed by atoms with Gasteiger partial charge in [0.2, 0.25) is 0 Å². The maximum Gasteiger partial charge on any atom is 1.00 e. The van der Waals surface area contributed by atoms with Gasteiger partial charge in [-0.15, -0.1) is 0 Å². The molecule has 0 amide bonds. The van der Waals surface area contributed by atoms with Crippen molar-refractivity contribution >= 4 is 7.82 Å². The van der Waals surface area contributed by atoms with Crippen LogP contribution in [0, 0.1) is 5.92 Å². The molecule has 0 atom stereocenters. The van der Waals surface area contributed by atoms with Crippen LogP contribution >= 0.6 is 7.82 Å². The second kappa shape index (κ2) is 15.8. The van der Waals surface area contributed by atoms with Gasteiger partial charge in [-0.05, 0) is 12.3 Å². The van der Waals surface area contributed by atoms with Crippen LogP contribution in [0.4, 0.5) is 0 Å². The Morgan fingerprint density at radius 2 is 1.47 bits per heavy atom. The fourth-order valence-corrected chi connectivity index (χ4v) is 1.71. The van der Waals surface area contributed by atoms with E-state index in [2.05, 4.69) is 18.4 Å². The monoisotopic (exact) mass is 314 g/mol. The van der Waals surface area contributed by atoms with Gasteiger partial charge < -0.3 is 18.9 Å². The molecule has 0 aliphatic carbocycles. The third-order valence-electron chi connectivity index (χ3n) is 2.18. The van der Waals surface area contributed by atoms with Crippen LogP contribution < -0.4 is 113 Å². The Hall–Kier alpha value is 3.38. The number of phosphoric ester groups is 1. The molecular weight excluding hydrogens is 293 g/mol. The Morgan fingerprint density at radius 3 is 1.94 bits per heavy atom. The summed E-state index contributed by atoms with van der Waals surface area (Å²) in [6.45, 7) is 4.44. The molecule has 0 aliphatic heterocycles. The van der Waals surface area contributed by atoms with E-state index in [9.17, 15) is 14.4 Å². The number of unbranched alkanes of at least 4 members (excludes halogenated alkanes) is 4. The summed E-state index contributed by atoms with van der Waals surface area (Å²) in [5, 5.41) is 0. The second-order valence-electron chi connectivity index (χ2n) is 4.23. The molecule has 0 heterocycles. The Balaban J connectivity index is -0.000000980. The van der Waals surface area contributed by atoms with Gasteiger partial charge in [-0.25, -0.2) is 0 Å². The molecule has 0 saturated heterocycles. The van der Waals surface area contributed by atoms with Crippen molar-refractivity contribution in [2.24, 2.45) is 5.92 Å². The molecule has 0 aromatic rings. The molecule has 4 nitrogen and oxygen atoms in total. The normalized spacial score (nSPS) is 10.9. The minimum Gasteiger partial charge on any atom is -0.790 e. The van der Waals surface area contributed by atoms with Crippen LogP contribution in [-0.2, 0) is 9.09 Å². The van der Waals surface area contributed by atoms with Crippen molar-refractivity contribution in [2.45, 2.75) is 52.4 Å². The van der Waals surface area contributed by atoms with Gasteiger partial charge in [0.25, 0.3) is 0 Å².